The van der Waals surface area contributed by atoms with Crippen LogP contribution in [0.2, 0.25) is 0 Å². The second-order valence-corrected chi connectivity index (χ2v) is 6.50. The largest absolute Gasteiger partial charge is 0.493 e. The number of carbonyl (C=O) groups is 1. The molecule has 1 saturated heterocycles. The molecular formula is C19H22N2O3. The first-order valence-electron chi connectivity index (χ1n) is 8.51. The van der Waals surface area contributed by atoms with Crippen LogP contribution in [0.4, 0.5) is 0 Å². The quantitative estimate of drug-likeness (QED) is 0.869. The molecule has 0 saturated carbocycles. The van der Waals surface area contributed by atoms with Crippen LogP contribution in [-0.4, -0.2) is 48.5 Å². The van der Waals surface area contributed by atoms with E-state index in [2.05, 4.69) is 23.1 Å². The van der Waals surface area contributed by atoms with Gasteiger partial charge in [-0.25, -0.2) is 0 Å². The summed E-state index contributed by atoms with van der Waals surface area (Å²) in [7, 11) is 0. The molecule has 1 amide bonds. The summed E-state index contributed by atoms with van der Waals surface area (Å²) < 4.78 is 10.8. The maximum atomic E-state index is 12.5. The third kappa shape index (κ3) is 2.91. The molecule has 2 aliphatic rings. The second-order valence-electron chi connectivity index (χ2n) is 6.50. The Morgan fingerprint density at radius 1 is 1.17 bits per heavy atom. The van der Waals surface area contributed by atoms with Crippen molar-refractivity contribution in [3.63, 3.8) is 0 Å². The van der Waals surface area contributed by atoms with Crippen LogP contribution in [0.15, 0.2) is 34.9 Å². The fraction of sp³-hybridized carbons (Fsp3) is 0.421. The van der Waals surface area contributed by atoms with Crippen molar-refractivity contribution < 1.29 is 13.9 Å². The Hall–Kier alpha value is -2.27. The topological polar surface area (TPSA) is 45.9 Å². The molecule has 1 aromatic carbocycles. The molecule has 0 N–H and O–H groups in total. The molecule has 24 heavy (non-hydrogen) atoms. The summed E-state index contributed by atoms with van der Waals surface area (Å²) in [5, 5.41) is 0. The fourth-order valence-corrected chi connectivity index (χ4v) is 3.48. The molecule has 5 heteroatoms. The first-order chi connectivity index (χ1) is 11.7. The highest BCUT2D eigenvalue weighted by Crippen LogP contribution is 2.26. The van der Waals surface area contributed by atoms with E-state index in [0.717, 1.165) is 51.5 Å². The molecule has 126 valence electrons. The fourth-order valence-electron chi connectivity index (χ4n) is 3.48. The lowest BCUT2D eigenvalue weighted by Gasteiger charge is -2.34. The number of piperazine rings is 1. The summed E-state index contributed by atoms with van der Waals surface area (Å²) >= 11 is 0. The summed E-state index contributed by atoms with van der Waals surface area (Å²) in [6.45, 7) is 6.88. The number of furan rings is 1. The van der Waals surface area contributed by atoms with E-state index in [0.29, 0.717) is 11.3 Å². The van der Waals surface area contributed by atoms with Crippen molar-refractivity contribution in [2.75, 3.05) is 32.8 Å². The lowest BCUT2D eigenvalue weighted by atomic mass is 10.1. The number of fused-ring (bicyclic) bond motifs is 1. The van der Waals surface area contributed by atoms with Gasteiger partial charge in [-0.2, -0.15) is 0 Å². The van der Waals surface area contributed by atoms with Crippen LogP contribution >= 0.6 is 0 Å². The zero-order valence-electron chi connectivity index (χ0n) is 14.0. The summed E-state index contributed by atoms with van der Waals surface area (Å²) in [5.41, 5.74) is 3.32. The highest BCUT2D eigenvalue weighted by molar-refractivity contribution is 5.95. The van der Waals surface area contributed by atoms with Crippen molar-refractivity contribution in [3.8, 4) is 5.75 Å². The third-order valence-corrected chi connectivity index (χ3v) is 4.91. The smallest absolute Gasteiger partial charge is 0.257 e. The van der Waals surface area contributed by atoms with Crippen molar-refractivity contribution >= 4 is 5.91 Å². The van der Waals surface area contributed by atoms with Gasteiger partial charge in [0.15, 0.2) is 0 Å². The highest BCUT2D eigenvalue weighted by atomic mass is 16.5. The molecular weight excluding hydrogens is 304 g/mol. The van der Waals surface area contributed by atoms with Crippen molar-refractivity contribution in [2.24, 2.45) is 0 Å². The SMILES string of the molecule is Cc1occc1C(=O)N1CCN(Cc2ccc3c(c2)CCO3)CC1. The maximum Gasteiger partial charge on any atom is 0.257 e. The minimum absolute atomic E-state index is 0.0792. The van der Waals surface area contributed by atoms with Gasteiger partial charge in [-0.1, -0.05) is 12.1 Å². The van der Waals surface area contributed by atoms with E-state index in [1.54, 1.807) is 12.3 Å². The second kappa shape index (κ2) is 6.32. The molecule has 0 radical (unpaired) electrons. The molecule has 0 atom stereocenters. The Morgan fingerprint density at radius 3 is 2.75 bits per heavy atom. The number of amides is 1. The Labute approximate surface area is 141 Å². The predicted octanol–water partition coefficient (Wildman–Crippen LogP) is 2.48. The van der Waals surface area contributed by atoms with Crippen LogP contribution in [-0.2, 0) is 13.0 Å². The van der Waals surface area contributed by atoms with E-state index in [-0.39, 0.29) is 5.91 Å². The van der Waals surface area contributed by atoms with Crippen molar-refractivity contribution in [1.82, 2.24) is 9.80 Å². The molecule has 4 rings (SSSR count). The number of rotatable bonds is 3. The zero-order valence-corrected chi connectivity index (χ0v) is 14.0. The van der Waals surface area contributed by atoms with Crippen molar-refractivity contribution in [2.45, 2.75) is 19.9 Å². The Balaban J connectivity index is 1.35. The maximum absolute atomic E-state index is 12.5. The van der Waals surface area contributed by atoms with E-state index >= 15 is 0 Å². The van der Waals surface area contributed by atoms with E-state index < -0.39 is 0 Å². The Bertz CT molecular complexity index is 745. The van der Waals surface area contributed by atoms with Gasteiger partial charge in [0.05, 0.1) is 18.4 Å². The van der Waals surface area contributed by atoms with Gasteiger partial charge < -0.3 is 14.1 Å². The van der Waals surface area contributed by atoms with Crippen LogP contribution in [0.3, 0.4) is 0 Å². The lowest BCUT2D eigenvalue weighted by Crippen LogP contribution is -2.48. The standard InChI is InChI=1S/C19H22N2O3/c1-14-17(5-11-23-14)19(22)21-8-6-20(7-9-21)13-15-2-3-18-16(12-15)4-10-24-18/h2-3,5,11-12H,4,6-10,13H2,1H3. The van der Waals surface area contributed by atoms with E-state index in [1.807, 2.05) is 11.8 Å². The van der Waals surface area contributed by atoms with Gasteiger partial charge in [0.25, 0.3) is 5.91 Å². The molecule has 3 heterocycles. The zero-order chi connectivity index (χ0) is 16.5. The molecule has 2 aliphatic heterocycles. The summed E-state index contributed by atoms with van der Waals surface area (Å²) in [6.07, 6.45) is 2.59. The number of aryl methyl sites for hydroxylation is 1. The van der Waals surface area contributed by atoms with Gasteiger partial charge in [0.1, 0.15) is 11.5 Å². The summed E-state index contributed by atoms with van der Waals surface area (Å²) in [4.78, 5) is 16.8. The number of carbonyl (C=O) groups excluding carboxylic acids is 1. The average molecular weight is 326 g/mol. The number of benzene rings is 1. The van der Waals surface area contributed by atoms with E-state index in [9.17, 15) is 4.79 Å². The van der Waals surface area contributed by atoms with Gasteiger partial charge in [-0.15, -0.1) is 0 Å². The molecule has 0 aliphatic carbocycles. The highest BCUT2D eigenvalue weighted by Gasteiger charge is 2.24. The number of hydrogen-bond acceptors (Lipinski definition) is 4. The van der Waals surface area contributed by atoms with Crippen LogP contribution < -0.4 is 4.74 Å². The number of hydrogen-bond donors (Lipinski definition) is 0. The first kappa shape index (κ1) is 15.3. The van der Waals surface area contributed by atoms with Crippen LogP contribution in [0.25, 0.3) is 0 Å². The molecule has 2 aromatic rings. The summed E-state index contributed by atoms with van der Waals surface area (Å²) in [5.74, 6) is 1.81. The number of ether oxygens (including phenoxy) is 1. The molecule has 0 spiro atoms. The molecule has 1 fully saturated rings. The lowest BCUT2D eigenvalue weighted by molar-refractivity contribution is 0.0626. The van der Waals surface area contributed by atoms with Crippen molar-refractivity contribution in [3.05, 3.63) is 53.0 Å². The minimum Gasteiger partial charge on any atom is -0.493 e. The van der Waals surface area contributed by atoms with Gasteiger partial charge in [-0.3, -0.25) is 9.69 Å². The minimum atomic E-state index is 0.0792. The monoisotopic (exact) mass is 326 g/mol. The molecule has 0 unspecified atom stereocenters. The summed E-state index contributed by atoms with van der Waals surface area (Å²) in [6, 6.07) is 8.25. The van der Waals surface area contributed by atoms with E-state index in [4.69, 9.17) is 9.15 Å². The third-order valence-electron chi connectivity index (χ3n) is 4.91. The van der Waals surface area contributed by atoms with Crippen LogP contribution in [0, 0.1) is 6.92 Å². The van der Waals surface area contributed by atoms with Crippen LogP contribution in [0.1, 0.15) is 27.2 Å². The molecule has 1 aromatic heterocycles. The number of nitrogens with zero attached hydrogens (tertiary/aromatic N) is 2. The van der Waals surface area contributed by atoms with Gasteiger partial charge in [0, 0.05) is 39.1 Å². The van der Waals surface area contributed by atoms with Crippen LogP contribution in [0.5, 0.6) is 5.75 Å². The Morgan fingerprint density at radius 2 is 2.00 bits per heavy atom. The molecule has 0 bridgehead atoms. The van der Waals surface area contributed by atoms with Gasteiger partial charge >= 0.3 is 0 Å². The van der Waals surface area contributed by atoms with Crippen molar-refractivity contribution in [1.29, 1.82) is 0 Å². The Kier molecular flexibility index (Phi) is 4.02. The molecule has 5 nitrogen and oxygen atoms in total. The van der Waals surface area contributed by atoms with Gasteiger partial charge in [0.2, 0.25) is 0 Å². The van der Waals surface area contributed by atoms with E-state index in [1.165, 1.54) is 11.1 Å². The predicted molar refractivity (Wildman–Crippen MR) is 90.3 cm³/mol. The average Bonchev–Trinajstić information content (AvgIpc) is 3.23. The van der Waals surface area contributed by atoms with Gasteiger partial charge in [-0.05, 0) is 30.2 Å². The first-order valence-corrected chi connectivity index (χ1v) is 8.51. The normalized spacial score (nSPS) is 17.6.